The lowest BCUT2D eigenvalue weighted by Gasteiger charge is -2.17. The lowest BCUT2D eigenvalue weighted by Crippen LogP contribution is -2.24. The van der Waals surface area contributed by atoms with Crippen molar-refractivity contribution in [1.29, 1.82) is 0 Å². The van der Waals surface area contributed by atoms with Gasteiger partial charge >= 0.3 is 5.97 Å². The Morgan fingerprint density at radius 2 is 2.24 bits per heavy atom. The highest BCUT2D eigenvalue weighted by Crippen LogP contribution is 2.40. The smallest absolute Gasteiger partial charge is 0.350 e. The predicted molar refractivity (Wildman–Crippen MR) is 84.1 cm³/mol. The number of amides is 1. The Morgan fingerprint density at radius 3 is 2.76 bits per heavy atom. The number of nitrogens with zero attached hydrogens (tertiary/aromatic N) is 1. The van der Waals surface area contributed by atoms with Gasteiger partial charge in [0.1, 0.15) is 9.88 Å². The van der Waals surface area contributed by atoms with E-state index in [1.165, 1.54) is 11.3 Å². The third kappa shape index (κ3) is 2.97. The molecule has 0 bridgehead atoms. The van der Waals surface area contributed by atoms with E-state index in [-0.39, 0.29) is 18.2 Å². The third-order valence-electron chi connectivity index (χ3n) is 3.55. The van der Waals surface area contributed by atoms with Crippen molar-refractivity contribution in [1.82, 2.24) is 5.32 Å². The summed E-state index contributed by atoms with van der Waals surface area (Å²) in [6, 6.07) is 0. The summed E-state index contributed by atoms with van der Waals surface area (Å²) < 4.78 is 5.02. The monoisotopic (exact) mass is 311 g/mol. The summed E-state index contributed by atoms with van der Waals surface area (Å²) in [6.07, 6.45) is 1.07. The number of hydrogen-bond acceptors (Lipinski definition) is 6. The van der Waals surface area contributed by atoms with E-state index in [0.29, 0.717) is 16.4 Å². The first-order valence-electron chi connectivity index (χ1n) is 7.05. The number of nitrogens with two attached hydrogens (primary N) is 1. The van der Waals surface area contributed by atoms with Gasteiger partial charge < -0.3 is 20.7 Å². The number of thiophene rings is 1. The molecule has 1 atom stereocenters. The van der Waals surface area contributed by atoms with Crippen LogP contribution in [0.25, 0.3) is 0 Å². The Morgan fingerprint density at radius 1 is 1.52 bits per heavy atom. The van der Waals surface area contributed by atoms with Gasteiger partial charge in [-0.2, -0.15) is 0 Å². The molecule has 1 fully saturated rings. The topological polar surface area (TPSA) is 84.7 Å². The number of carbonyl (C=O) groups is 2. The minimum Gasteiger partial charge on any atom is -0.462 e. The second kappa shape index (κ2) is 6.34. The highest BCUT2D eigenvalue weighted by atomic mass is 32.1. The Kier molecular flexibility index (Phi) is 4.72. The summed E-state index contributed by atoms with van der Waals surface area (Å²) in [4.78, 5) is 26.5. The molecule has 1 aliphatic rings. The molecule has 1 aromatic heterocycles. The standard InChI is InChI=1S/C14H21N3O3S/c1-4-20-14(19)11-10(15)9(12(18)16-3)13(21-11)17-6-5-8(2)7-17/h8H,4-7,15H2,1-3H3,(H,16,18). The van der Waals surface area contributed by atoms with Crippen molar-refractivity contribution in [2.45, 2.75) is 20.3 Å². The third-order valence-corrected chi connectivity index (χ3v) is 4.80. The second-order valence-electron chi connectivity index (χ2n) is 5.16. The number of hydrogen-bond donors (Lipinski definition) is 2. The largest absolute Gasteiger partial charge is 0.462 e. The van der Waals surface area contributed by atoms with Gasteiger partial charge in [0, 0.05) is 20.1 Å². The molecule has 6 nitrogen and oxygen atoms in total. The first-order chi connectivity index (χ1) is 9.99. The van der Waals surface area contributed by atoms with Crippen molar-refractivity contribution in [2.24, 2.45) is 5.92 Å². The summed E-state index contributed by atoms with van der Waals surface area (Å²) in [5.74, 6) is -0.172. The number of carbonyl (C=O) groups excluding carboxylic acids is 2. The fourth-order valence-electron chi connectivity index (χ4n) is 2.47. The van der Waals surface area contributed by atoms with Gasteiger partial charge in [-0.15, -0.1) is 11.3 Å². The van der Waals surface area contributed by atoms with Gasteiger partial charge in [-0.05, 0) is 19.3 Å². The van der Waals surface area contributed by atoms with Crippen molar-refractivity contribution >= 4 is 33.9 Å². The van der Waals surface area contributed by atoms with Crippen molar-refractivity contribution in [3.63, 3.8) is 0 Å². The molecular formula is C14H21N3O3S. The van der Waals surface area contributed by atoms with Crippen LogP contribution in [0.5, 0.6) is 0 Å². The van der Waals surface area contributed by atoms with E-state index in [2.05, 4.69) is 17.1 Å². The molecule has 0 radical (unpaired) electrons. The number of nitrogen functional groups attached to an aromatic ring is 1. The molecule has 0 spiro atoms. The van der Waals surface area contributed by atoms with E-state index in [0.717, 1.165) is 24.5 Å². The van der Waals surface area contributed by atoms with Gasteiger partial charge in [-0.3, -0.25) is 4.79 Å². The van der Waals surface area contributed by atoms with E-state index in [1.54, 1.807) is 14.0 Å². The van der Waals surface area contributed by atoms with Crippen LogP contribution in [-0.2, 0) is 4.74 Å². The normalized spacial score (nSPS) is 17.9. The maximum Gasteiger partial charge on any atom is 0.350 e. The van der Waals surface area contributed by atoms with Crippen LogP contribution in [0.2, 0.25) is 0 Å². The molecule has 116 valence electrons. The van der Waals surface area contributed by atoms with Gasteiger partial charge in [-0.1, -0.05) is 6.92 Å². The van der Waals surface area contributed by atoms with Crippen LogP contribution >= 0.6 is 11.3 Å². The average Bonchev–Trinajstić information content (AvgIpc) is 3.02. The lowest BCUT2D eigenvalue weighted by molar-refractivity contribution is 0.0533. The first-order valence-corrected chi connectivity index (χ1v) is 7.87. The molecule has 21 heavy (non-hydrogen) atoms. The Balaban J connectivity index is 2.44. The maximum absolute atomic E-state index is 12.1. The number of esters is 1. The molecule has 7 heteroatoms. The van der Waals surface area contributed by atoms with Crippen LogP contribution in [0, 0.1) is 5.92 Å². The van der Waals surface area contributed by atoms with E-state index >= 15 is 0 Å². The van der Waals surface area contributed by atoms with Crippen LogP contribution in [0.4, 0.5) is 10.7 Å². The molecular weight excluding hydrogens is 290 g/mol. The summed E-state index contributed by atoms with van der Waals surface area (Å²) in [5, 5.41) is 3.35. The Bertz CT molecular complexity index is 556. The number of rotatable bonds is 4. The first kappa shape index (κ1) is 15.6. The number of nitrogens with one attached hydrogen (secondary N) is 1. The Labute approximate surface area is 128 Å². The highest BCUT2D eigenvalue weighted by Gasteiger charge is 2.31. The molecule has 1 aromatic rings. The molecule has 1 unspecified atom stereocenters. The van der Waals surface area contributed by atoms with Gasteiger partial charge in [0.15, 0.2) is 0 Å². The van der Waals surface area contributed by atoms with Crippen molar-refractivity contribution < 1.29 is 14.3 Å². The SMILES string of the molecule is CCOC(=O)c1sc(N2CCC(C)C2)c(C(=O)NC)c1N. The Hall–Kier alpha value is -1.76. The molecule has 1 aliphatic heterocycles. The summed E-state index contributed by atoms with van der Waals surface area (Å²) in [6.45, 7) is 5.92. The molecule has 1 saturated heterocycles. The van der Waals surface area contributed by atoms with Crippen molar-refractivity contribution in [2.75, 3.05) is 37.4 Å². The summed E-state index contributed by atoms with van der Waals surface area (Å²) in [7, 11) is 1.56. The molecule has 2 rings (SSSR count). The van der Waals surface area contributed by atoms with Crippen LogP contribution in [0.3, 0.4) is 0 Å². The quantitative estimate of drug-likeness (QED) is 0.827. The molecule has 3 N–H and O–H groups in total. The molecule has 0 aliphatic carbocycles. The van der Waals surface area contributed by atoms with E-state index < -0.39 is 5.97 Å². The predicted octanol–water partition coefficient (Wildman–Crippen LogP) is 1.71. The minimum atomic E-state index is -0.469. The fourth-order valence-corrected chi connectivity index (χ4v) is 3.61. The van der Waals surface area contributed by atoms with E-state index in [9.17, 15) is 9.59 Å². The average molecular weight is 311 g/mol. The van der Waals surface area contributed by atoms with Crippen LogP contribution < -0.4 is 16.0 Å². The fraction of sp³-hybridized carbons (Fsp3) is 0.571. The van der Waals surface area contributed by atoms with E-state index in [4.69, 9.17) is 10.5 Å². The lowest BCUT2D eigenvalue weighted by atomic mass is 10.2. The van der Waals surface area contributed by atoms with Gasteiger partial charge in [0.25, 0.3) is 5.91 Å². The highest BCUT2D eigenvalue weighted by molar-refractivity contribution is 7.19. The maximum atomic E-state index is 12.1. The number of ether oxygens (including phenoxy) is 1. The van der Waals surface area contributed by atoms with Gasteiger partial charge in [0.2, 0.25) is 0 Å². The van der Waals surface area contributed by atoms with Crippen LogP contribution in [-0.4, -0.2) is 38.6 Å². The second-order valence-corrected chi connectivity index (χ2v) is 6.16. The van der Waals surface area contributed by atoms with Gasteiger partial charge in [0.05, 0.1) is 17.9 Å². The summed E-state index contributed by atoms with van der Waals surface area (Å²) >= 11 is 1.24. The van der Waals surface area contributed by atoms with Crippen molar-refractivity contribution in [3.8, 4) is 0 Å². The summed E-state index contributed by atoms with van der Waals surface area (Å²) in [5.41, 5.74) is 6.64. The molecule has 1 amide bonds. The molecule has 0 saturated carbocycles. The minimum absolute atomic E-state index is 0.215. The van der Waals surface area contributed by atoms with Crippen LogP contribution in [0.15, 0.2) is 0 Å². The zero-order chi connectivity index (χ0) is 15.6. The number of anilines is 2. The molecule has 2 heterocycles. The van der Waals surface area contributed by atoms with Crippen LogP contribution in [0.1, 0.15) is 40.3 Å². The van der Waals surface area contributed by atoms with E-state index in [1.807, 2.05) is 0 Å². The van der Waals surface area contributed by atoms with Crippen molar-refractivity contribution in [3.05, 3.63) is 10.4 Å². The zero-order valence-electron chi connectivity index (χ0n) is 12.6. The zero-order valence-corrected chi connectivity index (χ0v) is 13.4. The van der Waals surface area contributed by atoms with Gasteiger partial charge in [-0.25, -0.2) is 4.79 Å². The molecule has 0 aromatic carbocycles.